The van der Waals surface area contributed by atoms with E-state index in [-0.39, 0.29) is 29.1 Å². The third-order valence-corrected chi connectivity index (χ3v) is 7.78. The second kappa shape index (κ2) is 9.44. The highest BCUT2D eigenvalue weighted by Gasteiger charge is 2.63. The van der Waals surface area contributed by atoms with Crippen LogP contribution in [0, 0.1) is 24.2 Å². The number of benzene rings is 1. The molecule has 0 aliphatic heterocycles. The summed E-state index contributed by atoms with van der Waals surface area (Å²) in [7, 11) is 0. The molecular weight excluding hydrogens is 424 g/mol. The molecule has 2 amide bonds. The largest absolute Gasteiger partial charge is 0.467 e. The fraction of sp³-hybridized carbons (Fsp3) is 0.517. The summed E-state index contributed by atoms with van der Waals surface area (Å²) in [4.78, 5) is 30.0. The Hall–Kier alpha value is -2.82. The molecule has 2 saturated carbocycles. The van der Waals surface area contributed by atoms with E-state index >= 15 is 0 Å². The average Bonchev–Trinajstić information content (AvgIpc) is 3.13. The van der Waals surface area contributed by atoms with E-state index in [2.05, 4.69) is 39.1 Å². The van der Waals surface area contributed by atoms with Crippen molar-refractivity contribution in [3.8, 4) is 0 Å². The first-order chi connectivity index (χ1) is 16.1. The Morgan fingerprint density at radius 2 is 1.76 bits per heavy atom. The van der Waals surface area contributed by atoms with Crippen molar-refractivity contribution in [3.63, 3.8) is 0 Å². The van der Waals surface area contributed by atoms with Gasteiger partial charge in [-0.2, -0.15) is 0 Å². The molecule has 1 heterocycles. The highest BCUT2D eigenvalue weighted by atomic mass is 16.3. The van der Waals surface area contributed by atoms with Crippen molar-refractivity contribution in [1.29, 1.82) is 0 Å². The number of carbonyl (C=O) groups is 2. The normalized spacial score (nSPS) is 22.5. The van der Waals surface area contributed by atoms with Crippen LogP contribution in [0.3, 0.4) is 0 Å². The quantitative estimate of drug-likeness (QED) is 0.478. The van der Waals surface area contributed by atoms with Crippen molar-refractivity contribution < 1.29 is 14.0 Å². The molecule has 0 radical (unpaired) electrons. The zero-order valence-corrected chi connectivity index (χ0v) is 21.2. The van der Waals surface area contributed by atoms with E-state index in [9.17, 15) is 9.59 Å². The topological polar surface area (TPSA) is 62.6 Å². The Morgan fingerprint density at radius 1 is 1.09 bits per heavy atom. The molecule has 2 atom stereocenters. The first-order valence-electron chi connectivity index (χ1n) is 12.5. The van der Waals surface area contributed by atoms with Crippen LogP contribution < -0.4 is 5.32 Å². The van der Waals surface area contributed by atoms with E-state index in [1.165, 1.54) is 5.57 Å². The zero-order chi connectivity index (χ0) is 24.5. The van der Waals surface area contributed by atoms with Crippen LogP contribution in [0.2, 0.25) is 0 Å². The van der Waals surface area contributed by atoms with Gasteiger partial charge in [-0.05, 0) is 69.2 Å². The number of hydrogen-bond donors (Lipinski definition) is 1. The molecule has 34 heavy (non-hydrogen) atoms. The number of anilines is 1. The summed E-state index contributed by atoms with van der Waals surface area (Å²) in [5.74, 6) is 0.727. The van der Waals surface area contributed by atoms with Gasteiger partial charge in [0.1, 0.15) is 11.3 Å². The van der Waals surface area contributed by atoms with Gasteiger partial charge in [-0.3, -0.25) is 9.59 Å². The predicted octanol–water partition coefficient (Wildman–Crippen LogP) is 6.50. The lowest BCUT2D eigenvalue weighted by atomic mass is 9.78. The van der Waals surface area contributed by atoms with E-state index < -0.39 is 5.54 Å². The van der Waals surface area contributed by atoms with Gasteiger partial charge in [0.15, 0.2) is 0 Å². The number of nitrogens with zero attached hydrogens (tertiary/aromatic N) is 1. The highest BCUT2D eigenvalue weighted by molar-refractivity contribution is 6.01. The number of rotatable bonds is 7. The van der Waals surface area contributed by atoms with Crippen LogP contribution >= 0.6 is 0 Å². The van der Waals surface area contributed by atoms with Crippen LogP contribution in [0.1, 0.15) is 71.1 Å². The van der Waals surface area contributed by atoms with E-state index in [0.717, 1.165) is 30.5 Å². The van der Waals surface area contributed by atoms with Crippen LogP contribution in [-0.2, 0) is 16.1 Å². The molecule has 2 fully saturated rings. The summed E-state index contributed by atoms with van der Waals surface area (Å²) in [6.07, 6.45) is 8.11. The van der Waals surface area contributed by atoms with Gasteiger partial charge in [-0.25, -0.2) is 0 Å². The molecule has 0 spiro atoms. The van der Waals surface area contributed by atoms with Gasteiger partial charge in [-0.1, -0.05) is 62.5 Å². The summed E-state index contributed by atoms with van der Waals surface area (Å²) in [5.41, 5.74) is 2.11. The Bertz CT molecular complexity index is 1040. The molecule has 2 aromatic rings. The van der Waals surface area contributed by atoms with Gasteiger partial charge in [0.2, 0.25) is 11.8 Å². The maximum Gasteiger partial charge on any atom is 0.250 e. The molecule has 182 valence electrons. The molecule has 1 aromatic carbocycles. The summed E-state index contributed by atoms with van der Waals surface area (Å²) < 4.78 is 5.67. The van der Waals surface area contributed by atoms with Crippen LogP contribution in [0.5, 0.6) is 0 Å². The van der Waals surface area contributed by atoms with Crippen LogP contribution in [-0.4, -0.2) is 22.3 Å². The molecule has 2 aliphatic carbocycles. The molecule has 4 rings (SSSR count). The van der Waals surface area contributed by atoms with Crippen LogP contribution in [0.25, 0.3) is 0 Å². The van der Waals surface area contributed by atoms with Crippen LogP contribution in [0.4, 0.5) is 5.69 Å². The monoisotopic (exact) mass is 462 g/mol. The number of nitrogens with one attached hydrogen (secondary N) is 1. The smallest absolute Gasteiger partial charge is 0.250 e. The predicted molar refractivity (Wildman–Crippen MR) is 135 cm³/mol. The van der Waals surface area contributed by atoms with Crippen molar-refractivity contribution in [2.75, 3.05) is 5.32 Å². The Kier molecular flexibility index (Phi) is 6.75. The minimum Gasteiger partial charge on any atom is -0.467 e. The second-order valence-electron chi connectivity index (χ2n) is 11.0. The molecule has 5 heteroatoms. The Morgan fingerprint density at radius 3 is 2.35 bits per heavy atom. The number of carbonyl (C=O) groups excluding carboxylic acids is 2. The SMILES string of the molecule is CC(C)=C[C@H]1[C@H](C(=O)N(Cc2ccco2)C2(C(=O)Nc3ccc(C)cc3)CCCCC2)C1(C)C. The molecule has 5 nitrogen and oxygen atoms in total. The number of furan rings is 1. The Balaban J connectivity index is 1.70. The van der Waals surface area contributed by atoms with Gasteiger partial charge in [0.25, 0.3) is 0 Å². The van der Waals surface area contributed by atoms with Crippen molar-refractivity contribution in [3.05, 3.63) is 65.6 Å². The Labute approximate surface area is 203 Å². The van der Waals surface area contributed by atoms with Crippen molar-refractivity contribution >= 4 is 17.5 Å². The summed E-state index contributed by atoms with van der Waals surface area (Å²) >= 11 is 0. The summed E-state index contributed by atoms with van der Waals surface area (Å²) in [5, 5.41) is 3.14. The van der Waals surface area contributed by atoms with Gasteiger partial charge in [0, 0.05) is 5.69 Å². The lowest BCUT2D eigenvalue weighted by molar-refractivity contribution is -0.151. The van der Waals surface area contributed by atoms with Gasteiger partial charge >= 0.3 is 0 Å². The fourth-order valence-corrected chi connectivity index (χ4v) is 5.63. The zero-order valence-electron chi connectivity index (χ0n) is 21.2. The second-order valence-corrected chi connectivity index (χ2v) is 11.0. The van der Waals surface area contributed by atoms with Gasteiger partial charge < -0.3 is 14.6 Å². The van der Waals surface area contributed by atoms with Crippen molar-refractivity contribution in [2.24, 2.45) is 17.3 Å². The number of amides is 2. The average molecular weight is 463 g/mol. The lowest BCUT2D eigenvalue weighted by Crippen LogP contribution is -2.60. The van der Waals surface area contributed by atoms with Gasteiger partial charge in [-0.15, -0.1) is 0 Å². The molecule has 1 N–H and O–H groups in total. The van der Waals surface area contributed by atoms with E-state index in [1.807, 2.05) is 48.2 Å². The number of allylic oxidation sites excluding steroid dienone is 2. The molecular formula is C29H38N2O3. The molecule has 0 unspecified atom stereocenters. The fourth-order valence-electron chi connectivity index (χ4n) is 5.63. The maximum atomic E-state index is 14.2. The lowest BCUT2D eigenvalue weighted by Gasteiger charge is -2.45. The molecule has 1 aromatic heterocycles. The third-order valence-electron chi connectivity index (χ3n) is 7.78. The third kappa shape index (κ3) is 4.70. The van der Waals surface area contributed by atoms with Crippen molar-refractivity contribution in [1.82, 2.24) is 4.90 Å². The molecule has 0 saturated heterocycles. The van der Waals surface area contributed by atoms with E-state index in [4.69, 9.17) is 4.42 Å². The summed E-state index contributed by atoms with van der Waals surface area (Å²) in [6, 6.07) is 11.6. The van der Waals surface area contributed by atoms with Gasteiger partial charge in [0.05, 0.1) is 18.7 Å². The van der Waals surface area contributed by atoms with E-state index in [0.29, 0.717) is 25.1 Å². The number of aryl methyl sites for hydroxylation is 1. The maximum absolute atomic E-state index is 14.2. The number of hydrogen-bond acceptors (Lipinski definition) is 3. The summed E-state index contributed by atoms with van der Waals surface area (Å²) in [6.45, 7) is 10.8. The minimum absolute atomic E-state index is 0.0601. The molecule has 0 bridgehead atoms. The standard InChI is InChI=1S/C29H38N2O3/c1-20(2)18-24-25(28(24,4)5)26(32)31(19-23-10-9-17-34-23)29(15-7-6-8-16-29)27(33)30-22-13-11-21(3)12-14-22/h9-14,17-18,24-25H,6-8,15-16,19H2,1-5H3,(H,30,33)/t24-,25+/m0/s1. The van der Waals surface area contributed by atoms with Crippen molar-refractivity contribution in [2.45, 2.75) is 78.8 Å². The van der Waals surface area contributed by atoms with E-state index in [1.54, 1.807) is 6.26 Å². The highest BCUT2D eigenvalue weighted by Crippen LogP contribution is 2.60. The molecule has 2 aliphatic rings. The van der Waals surface area contributed by atoms with Crippen LogP contribution in [0.15, 0.2) is 58.7 Å². The minimum atomic E-state index is -0.888. The first-order valence-corrected chi connectivity index (χ1v) is 12.5. The first kappa shape index (κ1) is 24.3.